The summed E-state index contributed by atoms with van der Waals surface area (Å²) in [4.78, 5) is 31.0. The summed E-state index contributed by atoms with van der Waals surface area (Å²) in [5.41, 5.74) is -1.62. The van der Waals surface area contributed by atoms with Crippen LogP contribution in [0, 0.1) is 10.1 Å². The van der Waals surface area contributed by atoms with Crippen LogP contribution in [-0.4, -0.2) is 33.9 Å². The topological polar surface area (TPSA) is 101 Å². The monoisotopic (exact) mass is 369 g/mol. The number of alkyl halides is 3. The Kier molecular flexibility index (Phi) is 5.70. The third kappa shape index (κ3) is 4.65. The number of amides is 1. The van der Waals surface area contributed by atoms with Crippen LogP contribution in [0.2, 0.25) is 0 Å². The Labute approximate surface area is 145 Å². The maximum Gasteiger partial charge on any atom is 0.418 e. The molecule has 0 aliphatic carbocycles. The molecule has 1 heterocycles. The van der Waals surface area contributed by atoms with Gasteiger partial charge >= 0.3 is 11.9 Å². The normalized spacial score (nSPS) is 11.1. The van der Waals surface area contributed by atoms with Crippen LogP contribution in [0.3, 0.4) is 0 Å². The Hall–Kier alpha value is -3.24. The van der Waals surface area contributed by atoms with Gasteiger partial charge in [-0.2, -0.15) is 13.2 Å². The number of carbonyl (C=O) groups is 1. The summed E-state index contributed by atoms with van der Waals surface area (Å²) >= 11 is 0. The Balaban J connectivity index is 2.12. The van der Waals surface area contributed by atoms with Crippen LogP contribution in [0.15, 0.2) is 36.7 Å². The van der Waals surface area contributed by atoms with Gasteiger partial charge in [0.1, 0.15) is 18.9 Å². The third-order valence-electron chi connectivity index (χ3n) is 3.34. The standard InChI is InChI=1S/C15H14F3N5O3/c1-2-22(14-19-7-10(8-20-14)23(25)26)9-13(24)21-12-6-4-3-5-11(12)15(16,17)18/h3-8H,2,9H2,1H3,(H,21,24). The zero-order valence-electron chi connectivity index (χ0n) is 13.5. The lowest BCUT2D eigenvalue weighted by molar-refractivity contribution is -0.385. The molecule has 0 radical (unpaired) electrons. The maximum atomic E-state index is 13.0. The Bertz CT molecular complexity index is 796. The van der Waals surface area contributed by atoms with Crippen LogP contribution in [0.1, 0.15) is 12.5 Å². The molecule has 0 aliphatic heterocycles. The zero-order chi connectivity index (χ0) is 19.3. The van der Waals surface area contributed by atoms with E-state index in [-0.39, 0.29) is 30.4 Å². The molecule has 11 heteroatoms. The first-order chi connectivity index (χ1) is 12.2. The van der Waals surface area contributed by atoms with Gasteiger partial charge in [-0.25, -0.2) is 9.97 Å². The van der Waals surface area contributed by atoms with Crippen molar-refractivity contribution in [2.75, 3.05) is 23.3 Å². The minimum Gasteiger partial charge on any atom is -0.332 e. The molecule has 2 rings (SSSR count). The van der Waals surface area contributed by atoms with Crippen LogP contribution in [0.4, 0.5) is 30.5 Å². The predicted molar refractivity (Wildman–Crippen MR) is 86.6 cm³/mol. The van der Waals surface area contributed by atoms with Crippen molar-refractivity contribution in [1.29, 1.82) is 0 Å². The fraction of sp³-hybridized carbons (Fsp3) is 0.267. The molecular formula is C15H14F3N5O3. The maximum absolute atomic E-state index is 13.0. The molecule has 0 bridgehead atoms. The van der Waals surface area contributed by atoms with Crippen molar-refractivity contribution in [3.8, 4) is 0 Å². The largest absolute Gasteiger partial charge is 0.418 e. The molecule has 8 nitrogen and oxygen atoms in total. The van der Waals surface area contributed by atoms with E-state index in [1.807, 2.05) is 0 Å². The average Bonchev–Trinajstić information content (AvgIpc) is 2.59. The van der Waals surface area contributed by atoms with Crippen molar-refractivity contribution >= 4 is 23.2 Å². The number of hydrogen-bond acceptors (Lipinski definition) is 6. The van der Waals surface area contributed by atoms with Gasteiger partial charge < -0.3 is 10.2 Å². The van der Waals surface area contributed by atoms with E-state index in [1.165, 1.54) is 17.0 Å². The molecular weight excluding hydrogens is 355 g/mol. The summed E-state index contributed by atoms with van der Waals surface area (Å²) in [5.74, 6) is -0.650. The number of nitrogens with one attached hydrogen (secondary N) is 1. The highest BCUT2D eigenvalue weighted by Gasteiger charge is 2.33. The van der Waals surface area contributed by atoms with E-state index in [0.717, 1.165) is 24.5 Å². The molecule has 0 fully saturated rings. The van der Waals surface area contributed by atoms with E-state index >= 15 is 0 Å². The van der Waals surface area contributed by atoms with E-state index in [0.29, 0.717) is 0 Å². The molecule has 2 aromatic rings. The molecule has 0 unspecified atom stereocenters. The second-order valence-corrected chi connectivity index (χ2v) is 5.10. The number of nitro groups is 1. The number of hydrogen-bond donors (Lipinski definition) is 1. The number of likely N-dealkylation sites (N-methyl/N-ethyl adjacent to an activating group) is 1. The Morgan fingerprint density at radius 2 is 1.88 bits per heavy atom. The van der Waals surface area contributed by atoms with Crippen LogP contribution < -0.4 is 10.2 Å². The molecule has 1 aromatic carbocycles. The second-order valence-electron chi connectivity index (χ2n) is 5.10. The Morgan fingerprint density at radius 3 is 2.42 bits per heavy atom. The highest BCUT2D eigenvalue weighted by Crippen LogP contribution is 2.34. The zero-order valence-corrected chi connectivity index (χ0v) is 13.5. The number of anilines is 2. The van der Waals surface area contributed by atoms with Gasteiger partial charge in [-0.15, -0.1) is 0 Å². The summed E-state index contributed by atoms with van der Waals surface area (Å²) in [7, 11) is 0. The minimum atomic E-state index is -4.60. The highest BCUT2D eigenvalue weighted by molar-refractivity contribution is 5.94. The number of nitrogens with zero attached hydrogens (tertiary/aromatic N) is 4. The van der Waals surface area contributed by atoms with Gasteiger partial charge in [0, 0.05) is 6.54 Å². The summed E-state index contributed by atoms with van der Waals surface area (Å²) in [6.45, 7) is 1.63. The summed E-state index contributed by atoms with van der Waals surface area (Å²) < 4.78 is 38.9. The number of carbonyl (C=O) groups excluding carboxylic acids is 1. The van der Waals surface area contributed by atoms with Gasteiger partial charge in [0.2, 0.25) is 11.9 Å². The molecule has 26 heavy (non-hydrogen) atoms. The summed E-state index contributed by atoms with van der Waals surface area (Å²) in [5, 5.41) is 12.8. The molecule has 0 saturated carbocycles. The minimum absolute atomic E-state index is 0.0531. The number of benzene rings is 1. The highest BCUT2D eigenvalue weighted by atomic mass is 19.4. The van der Waals surface area contributed by atoms with E-state index in [9.17, 15) is 28.1 Å². The number of halogens is 3. The van der Waals surface area contributed by atoms with Gasteiger partial charge in [0.05, 0.1) is 16.2 Å². The van der Waals surface area contributed by atoms with Crippen LogP contribution in [0.5, 0.6) is 0 Å². The molecule has 0 spiro atoms. The van der Waals surface area contributed by atoms with Gasteiger partial charge in [0.15, 0.2) is 0 Å². The quantitative estimate of drug-likeness (QED) is 0.621. The first-order valence-corrected chi connectivity index (χ1v) is 7.39. The lowest BCUT2D eigenvalue weighted by Crippen LogP contribution is -2.34. The van der Waals surface area contributed by atoms with Crippen molar-refractivity contribution < 1.29 is 22.9 Å². The van der Waals surface area contributed by atoms with E-state index in [2.05, 4.69) is 15.3 Å². The van der Waals surface area contributed by atoms with E-state index in [4.69, 9.17) is 0 Å². The van der Waals surface area contributed by atoms with Gasteiger partial charge in [0.25, 0.3) is 0 Å². The van der Waals surface area contributed by atoms with E-state index < -0.39 is 22.6 Å². The third-order valence-corrected chi connectivity index (χ3v) is 3.34. The second kappa shape index (κ2) is 7.76. The molecule has 0 atom stereocenters. The predicted octanol–water partition coefficient (Wildman–Crippen LogP) is 2.87. The number of aromatic nitrogens is 2. The lowest BCUT2D eigenvalue weighted by Gasteiger charge is -2.20. The first kappa shape index (κ1) is 19.1. The van der Waals surface area contributed by atoms with Crippen LogP contribution in [0.25, 0.3) is 0 Å². The molecule has 138 valence electrons. The van der Waals surface area contributed by atoms with Crippen molar-refractivity contribution in [3.05, 3.63) is 52.3 Å². The number of para-hydroxylation sites is 1. The van der Waals surface area contributed by atoms with Crippen molar-refractivity contribution in [2.24, 2.45) is 0 Å². The first-order valence-electron chi connectivity index (χ1n) is 7.39. The fourth-order valence-corrected chi connectivity index (χ4v) is 2.10. The lowest BCUT2D eigenvalue weighted by atomic mass is 10.1. The van der Waals surface area contributed by atoms with E-state index in [1.54, 1.807) is 6.92 Å². The SMILES string of the molecule is CCN(CC(=O)Nc1ccccc1C(F)(F)F)c1ncc([N+](=O)[O-])cn1. The molecule has 1 amide bonds. The van der Waals surface area contributed by atoms with Crippen LogP contribution in [-0.2, 0) is 11.0 Å². The summed E-state index contributed by atoms with van der Waals surface area (Å²) in [6.07, 6.45) is -2.63. The fourth-order valence-electron chi connectivity index (χ4n) is 2.10. The summed E-state index contributed by atoms with van der Waals surface area (Å²) in [6, 6.07) is 4.62. The molecule has 1 N–H and O–H groups in total. The Morgan fingerprint density at radius 1 is 1.27 bits per heavy atom. The number of rotatable bonds is 6. The molecule has 0 saturated heterocycles. The van der Waals surface area contributed by atoms with Crippen molar-refractivity contribution in [3.63, 3.8) is 0 Å². The average molecular weight is 369 g/mol. The van der Waals surface area contributed by atoms with Crippen molar-refractivity contribution in [1.82, 2.24) is 9.97 Å². The molecule has 0 aliphatic rings. The van der Waals surface area contributed by atoms with Crippen LogP contribution >= 0.6 is 0 Å². The molecule has 1 aromatic heterocycles. The van der Waals surface area contributed by atoms with Gasteiger partial charge in [-0.1, -0.05) is 12.1 Å². The van der Waals surface area contributed by atoms with Gasteiger partial charge in [-0.05, 0) is 19.1 Å². The van der Waals surface area contributed by atoms with Crippen molar-refractivity contribution in [2.45, 2.75) is 13.1 Å². The van der Waals surface area contributed by atoms with Gasteiger partial charge in [-0.3, -0.25) is 14.9 Å². The smallest absolute Gasteiger partial charge is 0.332 e.